The Balaban J connectivity index is 1.54. The molecule has 6 heteroatoms. The van der Waals surface area contributed by atoms with Crippen molar-refractivity contribution in [3.63, 3.8) is 0 Å². The van der Waals surface area contributed by atoms with Crippen molar-refractivity contribution < 1.29 is 9.21 Å². The number of nitrogens with zero attached hydrogens (tertiary/aromatic N) is 3. The Labute approximate surface area is 137 Å². The molecule has 6 nitrogen and oxygen atoms in total. The van der Waals surface area contributed by atoms with Crippen molar-refractivity contribution >= 4 is 22.7 Å². The Morgan fingerprint density at radius 1 is 1.17 bits per heavy atom. The molecule has 4 aromatic rings. The number of carbonyl (C=O) groups excluding carboxylic acids is 1. The van der Waals surface area contributed by atoms with Crippen molar-refractivity contribution in [2.24, 2.45) is 0 Å². The van der Waals surface area contributed by atoms with Crippen molar-refractivity contribution in [2.45, 2.75) is 6.92 Å². The summed E-state index contributed by atoms with van der Waals surface area (Å²) in [7, 11) is 0. The van der Waals surface area contributed by atoms with E-state index in [1.807, 2.05) is 24.4 Å². The number of carbonyl (C=O) groups is 1. The zero-order valence-corrected chi connectivity index (χ0v) is 12.9. The van der Waals surface area contributed by atoms with Gasteiger partial charge in [0.2, 0.25) is 0 Å². The molecule has 0 aliphatic rings. The molecule has 0 fully saturated rings. The number of hydrogen-bond acceptors (Lipinski definition) is 4. The number of benzene rings is 2. The van der Waals surface area contributed by atoms with Gasteiger partial charge in [-0.3, -0.25) is 4.79 Å². The highest BCUT2D eigenvalue weighted by Crippen LogP contribution is 2.20. The summed E-state index contributed by atoms with van der Waals surface area (Å²) in [5.74, 6) is 0.421. The number of oxazole rings is 1. The quantitative estimate of drug-likeness (QED) is 0.626. The van der Waals surface area contributed by atoms with Crippen LogP contribution in [-0.2, 0) is 0 Å². The van der Waals surface area contributed by atoms with Gasteiger partial charge in [0, 0.05) is 30.6 Å². The topological polar surface area (TPSA) is 73.0 Å². The maximum atomic E-state index is 12.4. The van der Waals surface area contributed by atoms with Gasteiger partial charge in [0.05, 0.1) is 5.69 Å². The molecule has 0 unspecified atom stereocenters. The highest BCUT2D eigenvalue weighted by molar-refractivity contribution is 6.05. The van der Waals surface area contributed by atoms with E-state index in [-0.39, 0.29) is 5.91 Å². The first kappa shape index (κ1) is 14.2. The fourth-order valence-electron chi connectivity index (χ4n) is 2.51. The standard InChI is InChI=1S/C18H14N4O2/c1-12-20-16-11-14(5-8-17(16)24-12)21-18(23)13-3-6-15(7-4-13)22-10-2-9-19-22/h2-11H,1H3,(H,21,23). The third-order valence-electron chi connectivity index (χ3n) is 3.65. The largest absolute Gasteiger partial charge is 0.441 e. The van der Waals surface area contributed by atoms with E-state index >= 15 is 0 Å². The minimum Gasteiger partial charge on any atom is -0.441 e. The highest BCUT2D eigenvalue weighted by Gasteiger charge is 2.09. The van der Waals surface area contributed by atoms with Gasteiger partial charge in [-0.25, -0.2) is 9.67 Å². The average Bonchev–Trinajstić information content (AvgIpc) is 3.23. The molecule has 0 saturated heterocycles. The van der Waals surface area contributed by atoms with Crippen molar-refractivity contribution in [3.05, 3.63) is 72.4 Å². The van der Waals surface area contributed by atoms with Crippen LogP contribution in [0, 0.1) is 6.92 Å². The van der Waals surface area contributed by atoms with Crippen LogP contribution in [0.4, 0.5) is 5.69 Å². The van der Waals surface area contributed by atoms with E-state index in [4.69, 9.17) is 4.42 Å². The second kappa shape index (κ2) is 5.66. The summed E-state index contributed by atoms with van der Waals surface area (Å²) in [6, 6.07) is 14.5. The van der Waals surface area contributed by atoms with Crippen molar-refractivity contribution in [2.75, 3.05) is 5.32 Å². The molecular weight excluding hydrogens is 304 g/mol. The maximum absolute atomic E-state index is 12.4. The van der Waals surface area contributed by atoms with Gasteiger partial charge >= 0.3 is 0 Å². The van der Waals surface area contributed by atoms with Crippen molar-refractivity contribution in [1.82, 2.24) is 14.8 Å². The Morgan fingerprint density at radius 2 is 2.00 bits per heavy atom. The Morgan fingerprint density at radius 3 is 2.75 bits per heavy atom. The zero-order valence-electron chi connectivity index (χ0n) is 12.9. The third-order valence-corrected chi connectivity index (χ3v) is 3.65. The van der Waals surface area contributed by atoms with Gasteiger partial charge in [-0.15, -0.1) is 0 Å². The van der Waals surface area contributed by atoms with E-state index in [0.29, 0.717) is 22.7 Å². The van der Waals surface area contributed by atoms with Crippen LogP contribution in [0.1, 0.15) is 16.2 Å². The minimum atomic E-state index is -0.179. The predicted octanol–water partition coefficient (Wildman–Crippen LogP) is 3.57. The number of aromatic nitrogens is 3. The third kappa shape index (κ3) is 2.65. The van der Waals surface area contributed by atoms with Crippen LogP contribution < -0.4 is 5.32 Å². The van der Waals surface area contributed by atoms with Gasteiger partial charge in [-0.1, -0.05) is 0 Å². The molecular formula is C18H14N4O2. The molecule has 24 heavy (non-hydrogen) atoms. The van der Waals surface area contributed by atoms with Gasteiger partial charge in [0.1, 0.15) is 5.52 Å². The molecule has 1 N–H and O–H groups in total. The molecule has 0 bridgehead atoms. The first-order valence-electron chi connectivity index (χ1n) is 7.48. The molecule has 2 aromatic heterocycles. The second-order valence-corrected chi connectivity index (χ2v) is 5.37. The number of aryl methyl sites for hydroxylation is 1. The van der Waals surface area contributed by atoms with Crippen LogP contribution in [0.15, 0.2) is 65.3 Å². The van der Waals surface area contributed by atoms with E-state index in [0.717, 1.165) is 11.2 Å². The molecule has 0 atom stereocenters. The van der Waals surface area contributed by atoms with Crippen LogP contribution in [0.25, 0.3) is 16.8 Å². The normalized spacial score (nSPS) is 10.9. The number of rotatable bonds is 3. The molecule has 2 heterocycles. The van der Waals surface area contributed by atoms with E-state index < -0.39 is 0 Å². The molecule has 118 valence electrons. The molecule has 0 radical (unpaired) electrons. The fourth-order valence-corrected chi connectivity index (χ4v) is 2.51. The minimum absolute atomic E-state index is 0.179. The van der Waals surface area contributed by atoms with Gasteiger partial charge in [-0.05, 0) is 48.5 Å². The summed E-state index contributed by atoms with van der Waals surface area (Å²) in [4.78, 5) is 16.6. The monoisotopic (exact) mass is 318 g/mol. The summed E-state index contributed by atoms with van der Waals surface area (Å²) < 4.78 is 7.17. The lowest BCUT2D eigenvalue weighted by Crippen LogP contribution is -2.11. The van der Waals surface area contributed by atoms with Crippen LogP contribution in [0.2, 0.25) is 0 Å². The van der Waals surface area contributed by atoms with Crippen LogP contribution in [0.5, 0.6) is 0 Å². The van der Waals surface area contributed by atoms with E-state index in [1.54, 1.807) is 48.1 Å². The van der Waals surface area contributed by atoms with E-state index in [1.165, 1.54) is 0 Å². The number of fused-ring (bicyclic) bond motifs is 1. The zero-order chi connectivity index (χ0) is 16.5. The summed E-state index contributed by atoms with van der Waals surface area (Å²) in [5, 5.41) is 7.03. The molecule has 4 rings (SSSR count). The number of anilines is 1. The lowest BCUT2D eigenvalue weighted by molar-refractivity contribution is 0.102. The van der Waals surface area contributed by atoms with Crippen molar-refractivity contribution in [3.8, 4) is 5.69 Å². The second-order valence-electron chi connectivity index (χ2n) is 5.37. The van der Waals surface area contributed by atoms with E-state index in [9.17, 15) is 4.79 Å². The predicted molar refractivity (Wildman–Crippen MR) is 90.3 cm³/mol. The first-order valence-corrected chi connectivity index (χ1v) is 7.48. The van der Waals surface area contributed by atoms with Gasteiger partial charge in [0.15, 0.2) is 11.5 Å². The Hall–Kier alpha value is -3.41. The summed E-state index contributed by atoms with van der Waals surface area (Å²) in [6.07, 6.45) is 3.56. The Bertz CT molecular complexity index is 1000. The molecule has 0 aliphatic heterocycles. The average molecular weight is 318 g/mol. The van der Waals surface area contributed by atoms with Gasteiger partial charge < -0.3 is 9.73 Å². The Kier molecular flexibility index (Phi) is 3.35. The molecule has 2 aromatic carbocycles. The molecule has 1 amide bonds. The highest BCUT2D eigenvalue weighted by atomic mass is 16.3. The molecule has 0 aliphatic carbocycles. The van der Waals surface area contributed by atoms with Gasteiger partial charge in [-0.2, -0.15) is 5.10 Å². The number of amides is 1. The smallest absolute Gasteiger partial charge is 0.255 e. The summed E-state index contributed by atoms with van der Waals surface area (Å²) in [6.45, 7) is 1.79. The van der Waals surface area contributed by atoms with Crippen LogP contribution in [0.3, 0.4) is 0 Å². The fraction of sp³-hybridized carbons (Fsp3) is 0.0556. The lowest BCUT2D eigenvalue weighted by atomic mass is 10.2. The van der Waals surface area contributed by atoms with Crippen LogP contribution in [-0.4, -0.2) is 20.7 Å². The first-order chi connectivity index (χ1) is 11.7. The lowest BCUT2D eigenvalue weighted by Gasteiger charge is -2.06. The number of nitrogens with one attached hydrogen (secondary N) is 1. The van der Waals surface area contributed by atoms with Crippen molar-refractivity contribution in [1.29, 1.82) is 0 Å². The summed E-state index contributed by atoms with van der Waals surface area (Å²) >= 11 is 0. The maximum Gasteiger partial charge on any atom is 0.255 e. The molecule has 0 saturated carbocycles. The SMILES string of the molecule is Cc1nc2cc(NC(=O)c3ccc(-n4cccn4)cc3)ccc2o1. The van der Waals surface area contributed by atoms with Gasteiger partial charge in [0.25, 0.3) is 5.91 Å². The number of hydrogen-bond donors (Lipinski definition) is 1. The van der Waals surface area contributed by atoms with E-state index in [2.05, 4.69) is 15.4 Å². The van der Waals surface area contributed by atoms with Crippen LogP contribution >= 0.6 is 0 Å². The molecule has 0 spiro atoms. The summed E-state index contributed by atoms with van der Waals surface area (Å²) in [5.41, 5.74) is 3.57.